The molecule has 0 aliphatic heterocycles. The molecule has 0 spiro atoms. The van der Waals surface area contributed by atoms with Crippen molar-refractivity contribution in [1.29, 1.82) is 0 Å². The minimum Gasteiger partial charge on any atom is -0.320 e. The molecule has 2 heterocycles. The van der Waals surface area contributed by atoms with Crippen LogP contribution in [-0.2, 0) is 13.1 Å². The third-order valence-electron chi connectivity index (χ3n) is 5.25. The molecule has 0 N–H and O–H groups in total. The van der Waals surface area contributed by atoms with Crippen molar-refractivity contribution >= 4 is 22.8 Å². The lowest BCUT2D eigenvalue weighted by atomic mass is 10.1. The average molecular weight is 459 g/mol. The number of rotatable bonds is 6. The highest BCUT2D eigenvalue weighted by atomic mass is 35.5. The highest BCUT2D eigenvalue weighted by molar-refractivity contribution is 6.30. The molecule has 0 aliphatic carbocycles. The van der Waals surface area contributed by atoms with Crippen molar-refractivity contribution in [2.45, 2.75) is 33.4 Å². The summed E-state index contributed by atoms with van der Waals surface area (Å²) in [6, 6.07) is 9.95. The van der Waals surface area contributed by atoms with E-state index in [0.29, 0.717) is 17.1 Å². The molecule has 6 nitrogen and oxygen atoms in total. The van der Waals surface area contributed by atoms with Gasteiger partial charge in [0, 0.05) is 23.2 Å². The van der Waals surface area contributed by atoms with Gasteiger partial charge in [0.15, 0.2) is 11.2 Å². The smallest absolute Gasteiger partial charge is 0.320 e. The molecule has 0 aliphatic rings. The largest absolute Gasteiger partial charge is 0.337 e. The number of hydrogen-bond donors (Lipinski definition) is 0. The van der Waals surface area contributed by atoms with Crippen molar-refractivity contribution in [2.75, 3.05) is 0 Å². The summed E-state index contributed by atoms with van der Waals surface area (Å²) in [7, 11) is 0. The van der Waals surface area contributed by atoms with Crippen molar-refractivity contribution in [2.24, 2.45) is 5.92 Å². The van der Waals surface area contributed by atoms with Gasteiger partial charge in [0.2, 0.25) is 0 Å². The fraction of sp³-hybridized carbons (Fsp3) is 0.261. The van der Waals surface area contributed by atoms with Gasteiger partial charge in [-0.25, -0.2) is 23.1 Å². The Labute approximate surface area is 187 Å². The van der Waals surface area contributed by atoms with E-state index in [9.17, 15) is 18.4 Å². The lowest BCUT2D eigenvalue weighted by Crippen LogP contribution is -2.40. The Hall–Kier alpha value is -3.26. The molecule has 2 aromatic heterocycles. The van der Waals surface area contributed by atoms with Crippen molar-refractivity contribution in [3.05, 3.63) is 91.9 Å². The zero-order chi connectivity index (χ0) is 23.0. The first-order valence-electron chi connectivity index (χ1n) is 10.2. The van der Waals surface area contributed by atoms with Gasteiger partial charge in [-0.05, 0) is 36.6 Å². The van der Waals surface area contributed by atoms with Gasteiger partial charge in [-0.15, -0.1) is 0 Å². The van der Waals surface area contributed by atoms with E-state index in [0.717, 1.165) is 12.1 Å². The molecule has 0 radical (unpaired) electrons. The van der Waals surface area contributed by atoms with E-state index in [2.05, 4.69) is 4.98 Å². The Balaban J connectivity index is 1.97. The van der Waals surface area contributed by atoms with Crippen LogP contribution in [0.2, 0.25) is 5.02 Å². The SMILES string of the molecule is CC(C)CCn1c(=O)c2c(ncn2Cc2ccc(F)cc2F)n(-c2cccc(Cl)c2)c1=O. The number of imidazole rings is 1. The lowest BCUT2D eigenvalue weighted by Gasteiger charge is -2.14. The van der Waals surface area contributed by atoms with E-state index in [1.807, 2.05) is 13.8 Å². The summed E-state index contributed by atoms with van der Waals surface area (Å²) < 4.78 is 31.5. The maximum atomic E-state index is 14.3. The van der Waals surface area contributed by atoms with Crippen molar-refractivity contribution in [3.63, 3.8) is 0 Å². The summed E-state index contributed by atoms with van der Waals surface area (Å²) in [6.45, 7) is 4.18. The number of fused-ring (bicyclic) bond motifs is 1. The van der Waals surface area contributed by atoms with E-state index < -0.39 is 22.9 Å². The summed E-state index contributed by atoms with van der Waals surface area (Å²) in [5, 5.41) is 0.426. The molecule has 4 aromatic rings. The lowest BCUT2D eigenvalue weighted by molar-refractivity contribution is 0.491. The molecule has 4 rings (SSSR count). The molecule has 0 atom stereocenters. The quantitative estimate of drug-likeness (QED) is 0.431. The van der Waals surface area contributed by atoms with Gasteiger partial charge in [-0.1, -0.05) is 37.6 Å². The molecule has 0 saturated carbocycles. The zero-order valence-corrected chi connectivity index (χ0v) is 18.3. The van der Waals surface area contributed by atoms with E-state index in [-0.39, 0.29) is 35.7 Å². The molecule has 166 valence electrons. The molecular formula is C23H21ClF2N4O2. The molecule has 32 heavy (non-hydrogen) atoms. The highest BCUT2D eigenvalue weighted by Gasteiger charge is 2.20. The minimum absolute atomic E-state index is 0.0458. The molecular weight excluding hydrogens is 438 g/mol. The fourth-order valence-corrected chi connectivity index (χ4v) is 3.75. The van der Waals surface area contributed by atoms with Crippen LogP contribution in [0.3, 0.4) is 0 Å². The van der Waals surface area contributed by atoms with Crippen LogP contribution in [-0.4, -0.2) is 18.7 Å². The molecule has 0 saturated heterocycles. The zero-order valence-electron chi connectivity index (χ0n) is 17.6. The van der Waals surface area contributed by atoms with Crippen LogP contribution in [0.4, 0.5) is 8.78 Å². The maximum absolute atomic E-state index is 14.3. The second kappa shape index (κ2) is 8.70. The third kappa shape index (κ3) is 4.10. The fourth-order valence-electron chi connectivity index (χ4n) is 3.57. The summed E-state index contributed by atoms with van der Waals surface area (Å²) in [6.07, 6.45) is 2.00. The Bertz CT molecular complexity index is 1420. The minimum atomic E-state index is -0.727. The van der Waals surface area contributed by atoms with E-state index in [4.69, 9.17) is 11.6 Å². The van der Waals surface area contributed by atoms with Crippen LogP contribution in [0, 0.1) is 17.6 Å². The average Bonchev–Trinajstić information content (AvgIpc) is 3.13. The Morgan fingerprint density at radius 1 is 1.09 bits per heavy atom. The number of nitrogens with zero attached hydrogens (tertiary/aromatic N) is 4. The van der Waals surface area contributed by atoms with Crippen LogP contribution in [0.1, 0.15) is 25.8 Å². The van der Waals surface area contributed by atoms with Crippen molar-refractivity contribution < 1.29 is 8.78 Å². The number of hydrogen-bond acceptors (Lipinski definition) is 3. The summed E-state index contributed by atoms with van der Waals surface area (Å²) in [5.74, 6) is -1.14. The van der Waals surface area contributed by atoms with Gasteiger partial charge in [-0.3, -0.25) is 9.36 Å². The van der Waals surface area contributed by atoms with Crippen LogP contribution in [0.5, 0.6) is 0 Å². The standard InChI is InChI=1S/C23H21ClF2N4O2/c1-14(2)8-9-29-22(31)20-21(30(23(29)32)18-5-3-4-16(24)10-18)27-13-28(20)12-15-6-7-17(25)11-19(15)26/h3-7,10-11,13-14H,8-9,12H2,1-2H3. The van der Waals surface area contributed by atoms with Gasteiger partial charge in [0.25, 0.3) is 5.56 Å². The first kappa shape index (κ1) is 22.0. The Kier molecular flexibility index (Phi) is 5.97. The molecule has 0 fully saturated rings. The molecule has 9 heteroatoms. The predicted octanol–water partition coefficient (Wildman–Crippen LogP) is 4.37. The predicted molar refractivity (Wildman–Crippen MR) is 120 cm³/mol. The van der Waals surface area contributed by atoms with Crippen LogP contribution in [0.15, 0.2) is 58.4 Å². The monoisotopic (exact) mass is 458 g/mol. The summed E-state index contributed by atoms with van der Waals surface area (Å²) in [5.41, 5.74) is -0.0847. The summed E-state index contributed by atoms with van der Waals surface area (Å²) in [4.78, 5) is 31.0. The maximum Gasteiger partial charge on any atom is 0.337 e. The van der Waals surface area contributed by atoms with Gasteiger partial charge < -0.3 is 4.57 Å². The first-order valence-corrected chi connectivity index (χ1v) is 10.5. The topological polar surface area (TPSA) is 61.8 Å². The van der Waals surface area contributed by atoms with Crippen molar-refractivity contribution in [3.8, 4) is 5.69 Å². The third-order valence-corrected chi connectivity index (χ3v) is 5.49. The molecule has 0 unspecified atom stereocenters. The number of benzene rings is 2. The normalized spacial score (nSPS) is 11.6. The molecule has 0 amide bonds. The van der Waals surface area contributed by atoms with E-state index >= 15 is 0 Å². The first-order chi connectivity index (χ1) is 15.3. The molecule has 0 bridgehead atoms. The Morgan fingerprint density at radius 3 is 2.56 bits per heavy atom. The van der Waals surface area contributed by atoms with Gasteiger partial charge >= 0.3 is 5.69 Å². The summed E-state index contributed by atoms with van der Waals surface area (Å²) >= 11 is 6.13. The van der Waals surface area contributed by atoms with Crippen molar-refractivity contribution in [1.82, 2.24) is 18.7 Å². The number of halogens is 3. The van der Waals surface area contributed by atoms with Crippen LogP contribution >= 0.6 is 11.6 Å². The number of aromatic nitrogens is 4. The van der Waals surface area contributed by atoms with Gasteiger partial charge in [0.1, 0.15) is 11.6 Å². The second-order valence-electron chi connectivity index (χ2n) is 8.02. The van der Waals surface area contributed by atoms with E-state index in [1.165, 1.54) is 26.1 Å². The van der Waals surface area contributed by atoms with Gasteiger partial charge in [-0.2, -0.15) is 0 Å². The van der Waals surface area contributed by atoms with Gasteiger partial charge in [0.05, 0.1) is 18.6 Å². The molecule has 2 aromatic carbocycles. The van der Waals surface area contributed by atoms with Crippen LogP contribution in [0.25, 0.3) is 16.9 Å². The van der Waals surface area contributed by atoms with E-state index in [1.54, 1.807) is 24.3 Å². The second-order valence-corrected chi connectivity index (χ2v) is 8.45. The Morgan fingerprint density at radius 2 is 1.88 bits per heavy atom. The highest BCUT2D eigenvalue weighted by Crippen LogP contribution is 2.19. The van der Waals surface area contributed by atoms with Crippen LogP contribution < -0.4 is 11.2 Å².